The summed E-state index contributed by atoms with van der Waals surface area (Å²) >= 11 is 12.1. The fourth-order valence-electron chi connectivity index (χ4n) is 3.15. The van der Waals surface area contributed by atoms with E-state index in [0.717, 1.165) is 10.1 Å². The molecule has 1 aromatic carbocycles. The van der Waals surface area contributed by atoms with Crippen LogP contribution in [0, 0.1) is 0 Å². The van der Waals surface area contributed by atoms with E-state index in [1.807, 2.05) is 0 Å². The molecule has 2 aromatic heterocycles. The van der Waals surface area contributed by atoms with Gasteiger partial charge in [-0.15, -0.1) is 0 Å². The summed E-state index contributed by atoms with van der Waals surface area (Å²) in [6, 6.07) is 5.06. The predicted octanol–water partition coefficient (Wildman–Crippen LogP) is 3.41. The number of nitrogens with one attached hydrogen (secondary N) is 1. The lowest BCUT2D eigenvalue weighted by Crippen LogP contribution is -2.28. The molecule has 12 nitrogen and oxygen atoms in total. The summed E-state index contributed by atoms with van der Waals surface area (Å²) in [5.74, 6) is 0.0745. The van der Waals surface area contributed by atoms with E-state index < -0.39 is 25.7 Å². The van der Waals surface area contributed by atoms with Crippen molar-refractivity contribution in [3.05, 3.63) is 50.4 Å². The average molecular weight is 564 g/mol. The second-order valence-corrected chi connectivity index (χ2v) is 10.8. The molecule has 0 aliphatic carbocycles. The van der Waals surface area contributed by atoms with Crippen LogP contribution in [0.2, 0.25) is 10.0 Å². The van der Waals surface area contributed by atoms with Gasteiger partial charge < -0.3 is 20.1 Å². The van der Waals surface area contributed by atoms with Crippen molar-refractivity contribution in [1.29, 1.82) is 0 Å². The summed E-state index contributed by atoms with van der Waals surface area (Å²) < 4.78 is 30.4. The van der Waals surface area contributed by atoms with Crippen LogP contribution in [0.15, 0.2) is 29.2 Å². The molecule has 0 aliphatic heterocycles. The Bertz CT molecular complexity index is 1310. The number of ether oxygens (including phenoxy) is 1. The quantitative estimate of drug-likeness (QED) is 0.221. The van der Waals surface area contributed by atoms with Crippen LogP contribution in [-0.4, -0.2) is 54.8 Å². The third-order valence-electron chi connectivity index (χ3n) is 4.61. The SMILES string of the molecule is CC(C)(C)OP(=O)(O)OCn1c(NCc2ccc(Cl)c(Cl)c2)nc2cnn(CCOCCO)c2c1=O. The smallest absolute Gasteiger partial charge is 0.394 e. The maximum atomic E-state index is 13.4. The lowest BCUT2D eigenvalue weighted by molar-refractivity contribution is 0.0483. The zero-order chi connectivity index (χ0) is 26.5. The molecule has 0 aliphatic rings. The van der Waals surface area contributed by atoms with Crippen LogP contribution in [0.5, 0.6) is 0 Å². The van der Waals surface area contributed by atoms with Gasteiger partial charge in [-0.1, -0.05) is 29.3 Å². The number of phosphoric ester groups is 1. The van der Waals surface area contributed by atoms with E-state index in [4.69, 9.17) is 42.1 Å². The summed E-state index contributed by atoms with van der Waals surface area (Å²) in [6.07, 6.45) is 1.43. The molecule has 3 rings (SSSR count). The second-order valence-electron chi connectivity index (χ2n) is 8.64. The highest BCUT2D eigenvalue weighted by atomic mass is 35.5. The Hall–Kier alpha value is -2.02. The molecule has 3 aromatic rings. The van der Waals surface area contributed by atoms with Crippen molar-refractivity contribution in [3.63, 3.8) is 0 Å². The van der Waals surface area contributed by atoms with Gasteiger partial charge >= 0.3 is 7.82 Å². The normalized spacial score (nSPS) is 13.8. The molecule has 0 radical (unpaired) electrons. The average Bonchev–Trinajstić information content (AvgIpc) is 3.18. The Kier molecular flexibility index (Phi) is 9.53. The van der Waals surface area contributed by atoms with Crippen molar-refractivity contribution >= 4 is 48.0 Å². The van der Waals surface area contributed by atoms with Gasteiger partial charge in [0.05, 0.1) is 48.2 Å². The highest BCUT2D eigenvalue weighted by Gasteiger charge is 2.29. The molecule has 1 atom stereocenters. The Morgan fingerprint density at radius 3 is 2.61 bits per heavy atom. The highest BCUT2D eigenvalue weighted by molar-refractivity contribution is 7.47. The van der Waals surface area contributed by atoms with E-state index >= 15 is 0 Å². The third kappa shape index (κ3) is 7.74. The lowest BCUT2D eigenvalue weighted by Gasteiger charge is -2.23. The first kappa shape index (κ1) is 28.5. The number of hydrogen-bond donors (Lipinski definition) is 3. The first-order valence-corrected chi connectivity index (χ1v) is 13.2. The summed E-state index contributed by atoms with van der Waals surface area (Å²) in [7, 11) is -4.50. The van der Waals surface area contributed by atoms with Crippen molar-refractivity contribution in [2.75, 3.05) is 25.1 Å². The van der Waals surface area contributed by atoms with Gasteiger partial charge in [-0.2, -0.15) is 5.10 Å². The maximum Gasteiger partial charge on any atom is 0.474 e. The van der Waals surface area contributed by atoms with Crippen molar-refractivity contribution < 1.29 is 28.3 Å². The summed E-state index contributed by atoms with van der Waals surface area (Å²) in [6.45, 7) is 4.84. The third-order valence-corrected chi connectivity index (χ3v) is 6.57. The van der Waals surface area contributed by atoms with Crippen LogP contribution >= 0.6 is 31.0 Å². The van der Waals surface area contributed by atoms with Gasteiger partial charge in [-0.05, 0) is 38.5 Å². The highest BCUT2D eigenvalue weighted by Crippen LogP contribution is 2.47. The standard InChI is InChI=1S/C21H28Cl2N5O7P/c1-21(2,3)35-36(31,32)34-13-27-19(30)18-17(12-25-28(18)6-8-33-9-7-29)26-20(27)24-11-14-4-5-15(22)16(23)10-14/h4-5,10,12,29H,6-9,11,13H2,1-3H3,(H,24,26)(H,31,32). The molecule has 15 heteroatoms. The van der Waals surface area contributed by atoms with Crippen LogP contribution in [0.1, 0.15) is 26.3 Å². The first-order chi connectivity index (χ1) is 16.9. The zero-order valence-electron chi connectivity index (χ0n) is 20.0. The van der Waals surface area contributed by atoms with Crippen LogP contribution in [-0.2, 0) is 38.2 Å². The van der Waals surface area contributed by atoms with Crippen molar-refractivity contribution in [2.24, 2.45) is 0 Å². The number of fused-ring (bicyclic) bond motifs is 1. The topological polar surface area (TPSA) is 150 Å². The number of benzene rings is 1. The molecular formula is C21H28Cl2N5O7P. The number of anilines is 1. The Morgan fingerprint density at radius 1 is 1.19 bits per heavy atom. The van der Waals surface area contributed by atoms with Crippen molar-refractivity contribution in [2.45, 2.75) is 46.2 Å². The number of rotatable bonds is 12. The van der Waals surface area contributed by atoms with Crippen molar-refractivity contribution in [1.82, 2.24) is 19.3 Å². The zero-order valence-corrected chi connectivity index (χ0v) is 22.4. The van der Waals surface area contributed by atoms with Gasteiger partial charge in [0.2, 0.25) is 5.95 Å². The molecule has 0 amide bonds. The first-order valence-electron chi connectivity index (χ1n) is 10.9. The monoisotopic (exact) mass is 563 g/mol. The molecular weight excluding hydrogens is 536 g/mol. The van der Waals surface area contributed by atoms with Gasteiger partial charge in [-0.25, -0.2) is 9.55 Å². The number of aliphatic hydroxyl groups is 1. The predicted molar refractivity (Wildman–Crippen MR) is 135 cm³/mol. The van der Waals surface area contributed by atoms with E-state index in [1.165, 1.54) is 10.9 Å². The van der Waals surface area contributed by atoms with Crippen molar-refractivity contribution in [3.8, 4) is 0 Å². The number of aromatic nitrogens is 4. The van der Waals surface area contributed by atoms with Gasteiger partial charge in [0, 0.05) is 6.54 Å². The number of phosphoric acid groups is 1. The minimum absolute atomic E-state index is 0.0745. The van der Waals surface area contributed by atoms with E-state index in [9.17, 15) is 14.3 Å². The molecule has 0 saturated carbocycles. The van der Waals surface area contributed by atoms with Gasteiger partial charge in [0.1, 0.15) is 12.2 Å². The molecule has 2 heterocycles. The maximum absolute atomic E-state index is 13.4. The number of hydrogen-bond acceptors (Lipinski definition) is 9. The minimum atomic E-state index is -4.50. The molecule has 0 fully saturated rings. The fourth-order valence-corrected chi connectivity index (χ4v) is 4.48. The summed E-state index contributed by atoms with van der Waals surface area (Å²) in [5.41, 5.74) is -0.317. The van der Waals surface area contributed by atoms with E-state index in [0.29, 0.717) is 15.6 Å². The van der Waals surface area contributed by atoms with Gasteiger partial charge in [0.25, 0.3) is 5.56 Å². The Morgan fingerprint density at radius 2 is 1.94 bits per heavy atom. The summed E-state index contributed by atoms with van der Waals surface area (Å²) in [4.78, 5) is 28.0. The van der Waals surface area contributed by atoms with Gasteiger partial charge in [-0.3, -0.25) is 23.1 Å². The molecule has 3 N–H and O–H groups in total. The van der Waals surface area contributed by atoms with Gasteiger partial charge in [0.15, 0.2) is 5.52 Å². The molecule has 0 spiro atoms. The molecule has 198 valence electrons. The fraction of sp³-hybridized carbons (Fsp3) is 0.476. The molecule has 0 bridgehead atoms. The number of nitrogens with zero attached hydrogens (tertiary/aromatic N) is 4. The summed E-state index contributed by atoms with van der Waals surface area (Å²) in [5, 5.41) is 16.9. The number of halogens is 2. The van der Waals surface area contributed by atoms with E-state index in [-0.39, 0.29) is 44.4 Å². The Balaban J connectivity index is 1.94. The van der Waals surface area contributed by atoms with E-state index in [1.54, 1.807) is 39.0 Å². The minimum Gasteiger partial charge on any atom is -0.394 e. The molecule has 1 unspecified atom stereocenters. The van der Waals surface area contributed by atoms with Crippen LogP contribution in [0.3, 0.4) is 0 Å². The van der Waals surface area contributed by atoms with Crippen LogP contribution in [0.4, 0.5) is 5.95 Å². The lowest BCUT2D eigenvalue weighted by atomic mass is 10.2. The van der Waals surface area contributed by atoms with Crippen LogP contribution < -0.4 is 10.9 Å². The molecule has 0 saturated heterocycles. The number of aliphatic hydroxyl groups excluding tert-OH is 1. The molecule has 36 heavy (non-hydrogen) atoms. The largest absolute Gasteiger partial charge is 0.474 e. The van der Waals surface area contributed by atoms with Crippen LogP contribution in [0.25, 0.3) is 11.0 Å². The second kappa shape index (κ2) is 12.0. The Labute approximate surface area is 217 Å². The van der Waals surface area contributed by atoms with E-state index in [2.05, 4.69) is 15.4 Å².